The summed E-state index contributed by atoms with van der Waals surface area (Å²) in [6.07, 6.45) is 2.41. The Balaban J connectivity index is 2.16. The van der Waals surface area contributed by atoms with Crippen molar-refractivity contribution in [2.45, 2.75) is 65.6 Å². The van der Waals surface area contributed by atoms with E-state index in [1.165, 1.54) is 29.5 Å². The fourth-order valence-electron chi connectivity index (χ4n) is 3.03. The molecule has 0 bridgehead atoms. The van der Waals surface area contributed by atoms with E-state index in [4.69, 9.17) is 0 Å². The molecule has 2 atom stereocenters. The van der Waals surface area contributed by atoms with Crippen LogP contribution in [0.15, 0.2) is 18.2 Å². The average Bonchev–Trinajstić information content (AvgIpc) is 2.45. The molecule has 0 amide bonds. The fraction of sp³-hybridized carbons (Fsp3) is 0.667. The van der Waals surface area contributed by atoms with Crippen LogP contribution >= 0.6 is 0 Å². The van der Waals surface area contributed by atoms with Crippen molar-refractivity contribution in [3.05, 3.63) is 34.9 Å². The Labute approximate surface area is 124 Å². The summed E-state index contributed by atoms with van der Waals surface area (Å²) in [5.74, 6) is 0. The van der Waals surface area contributed by atoms with Gasteiger partial charge in [0.2, 0.25) is 0 Å². The molecule has 1 fully saturated rings. The molecule has 2 unspecified atom stereocenters. The molecule has 1 saturated heterocycles. The Morgan fingerprint density at radius 3 is 2.60 bits per heavy atom. The number of nitrogens with zero attached hydrogens (tertiary/aromatic N) is 1. The standard InChI is InChI=1S/C18H30N2/c1-6-17-12-20(18(5,7-2)13-19-17)11-16-9-8-14(3)15(4)10-16/h8-10,17,19H,6-7,11-13H2,1-5H3. The van der Waals surface area contributed by atoms with Crippen molar-refractivity contribution in [3.8, 4) is 0 Å². The highest BCUT2D eigenvalue weighted by Gasteiger charge is 2.35. The normalized spacial score (nSPS) is 27.8. The quantitative estimate of drug-likeness (QED) is 0.901. The van der Waals surface area contributed by atoms with Gasteiger partial charge in [-0.05, 0) is 50.3 Å². The molecular weight excluding hydrogens is 244 g/mol. The first-order chi connectivity index (χ1) is 9.48. The molecule has 0 saturated carbocycles. The average molecular weight is 274 g/mol. The zero-order valence-electron chi connectivity index (χ0n) is 13.8. The molecule has 1 N–H and O–H groups in total. The SMILES string of the molecule is CCC1CN(Cc2ccc(C)c(C)c2)C(C)(CC)CN1. The lowest BCUT2D eigenvalue weighted by Gasteiger charge is -2.48. The molecule has 0 aliphatic carbocycles. The van der Waals surface area contributed by atoms with Gasteiger partial charge in [0.05, 0.1) is 0 Å². The lowest BCUT2D eigenvalue weighted by atomic mass is 9.90. The second-order valence-electron chi connectivity index (χ2n) is 6.64. The molecule has 1 aliphatic heterocycles. The smallest absolute Gasteiger partial charge is 0.0307 e. The van der Waals surface area contributed by atoms with Crippen LogP contribution in [-0.4, -0.2) is 29.6 Å². The minimum absolute atomic E-state index is 0.282. The Kier molecular flexibility index (Phi) is 4.87. The van der Waals surface area contributed by atoms with Crippen LogP contribution in [-0.2, 0) is 6.54 Å². The van der Waals surface area contributed by atoms with Gasteiger partial charge < -0.3 is 5.32 Å². The highest BCUT2D eigenvalue weighted by atomic mass is 15.3. The van der Waals surface area contributed by atoms with Crippen LogP contribution in [0.25, 0.3) is 0 Å². The molecule has 112 valence electrons. The third-order valence-electron chi connectivity index (χ3n) is 5.18. The molecule has 2 rings (SSSR count). The van der Waals surface area contributed by atoms with Crippen LogP contribution in [0.5, 0.6) is 0 Å². The van der Waals surface area contributed by atoms with E-state index in [9.17, 15) is 0 Å². The maximum Gasteiger partial charge on any atom is 0.0307 e. The van der Waals surface area contributed by atoms with Gasteiger partial charge in [-0.1, -0.05) is 32.0 Å². The third-order valence-corrected chi connectivity index (χ3v) is 5.18. The Bertz CT molecular complexity index is 455. The van der Waals surface area contributed by atoms with Crippen molar-refractivity contribution in [3.63, 3.8) is 0 Å². The predicted molar refractivity (Wildman–Crippen MR) is 87.1 cm³/mol. The predicted octanol–water partition coefficient (Wildman–Crippen LogP) is 3.66. The molecule has 20 heavy (non-hydrogen) atoms. The van der Waals surface area contributed by atoms with Gasteiger partial charge in [-0.15, -0.1) is 0 Å². The lowest BCUT2D eigenvalue weighted by Crippen LogP contribution is -2.62. The van der Waals surface area contributed by atoms with E-state index < -0.39 is 0 Å². The molecule has 0 spiro atoms. The van der Waals surface area contributed by atoms with Gasteiger partial charge in [0.25, 0.3) is 0 Å². The first-order valence-corrected chi connectivity index (χ1v) is 8.03. The van der Waals surface area contributed by atoms with Crippen LogP contribution in [0.2, 0.25) is 0 Å². The fourth-order valence-corrected chi connectivity index (χ4v) is 3.03. The maximum atomic E-state index is 3.70. The van der Waals surface area contributed by atoms with E-state index in [0.29, 0.717) is 6.04 Å². The molecular formula is C18H30N2. The van der Waals surface area contributed by atoms with Gasteiger partial charge >= 0.3 is 0 Å². The van der Waals surface area contributed by atoms with E-state index in [1.54, 1.807) is 0 Å². The number of hydrogen-bond donors (Lipinski definition) is 1. The summed E-state index contributed by atoms with van der Waals surface area (Å²) in [5.41, 5.74) is 4.52. The summed E-state index contributed by atoms with van der Waals surface area (Å²) >= 11 is 0. The van der Waals surface area contributed by atoms with E-state index in [-0.39, 0.29) is 5.54 Å². The number of benzene rings is 1. The Morgan fingerprint density at radius 2 is 2.00 bits per heavy atom. The molecule has 0 radical (unpaired) electrons. The van der Waals surface area contributed by atoms with E-state index >= 15 is 0 Å². The summed E-state index contributed by atoms with van der Waals surface area (Å²) in [7, 11) is 0. The Hall–Kier alpha value is -0.860. The summed E-state index contributed by atoms with van der Waals surface area (Å²) < 4.78 is 0. The third kappa shape index (κ3) is 3.24. The largest absolute Gasteiger partial charge is 0.311 e. The molecule has 2 nitrogen and oxygen atoms in total. The van der Waals surface area contributed by atoms with Gasteiger partial charge in [-0.25, -0.2) is 0 Å². The van der Waals surface area contributed by atoms with E-state index in [1.807, 2.05) is 0 Å². The first-order valence-electron chi connectivity index (χ1n) is 8.03. The summed E-state index contributed by atoms with van der Waals surface area (Å²) in [5, 5.41) is 3.70. The van der Waals surface area contributed by atoms with Crippen LogP contribution in [0.3, 0.4) is 0 Å². The van der Waals surface area contributed by atoms with Crippen LogP contribution in [0.4, 0.5) is 0 Å². The number of hydrogen-bond acceptors (Lipinski definition) is 2. The summed E-state index contributed by atoms with van der Waals surface area (Å²) in [6.45, 7) is 14.7. The van der Waals surface area contributed by atoms with Crippen molar-refractivity contribution < 1.29 is 0 Å². The topological polar surface area (TPSA) is 15.3 Å². The first kappa shape index (κ1) is 15.5. The monoisotopic (exact) mass is 274 g/mol. The number of nitrogens with one attached hydrogen (secondary N) is 1. The highest BCUT2D eigenvalue weighted by Crippen LogP contribution is 2.26. The van der Waals surface area contributed by atoms with E-state index in [2.05, 4.69) is 63.0 Å². The molecule has 1 aromatic rings. The number of aryl methyl sites for hydroxylation is 2. The van der Waals surface area contributed by atoms with Crippen molar-refractivity contribution in [1.82, 2.24) is 10.2 Å². The van der Waals surface area contributed by atoms with Crippen molar-refractivity contribution in [1.29, 1.82) is 0 Å². The zero-order valence-corrected chi connectivity index (χ0v) is 13.8. The van der Waals surface area contributed by atoms with Gasteiger partial charge in [-0.2, -0.15) is 0 Å². The molecule has 0 aromatic heterocycles. The van der Waals surface area contributed by atoms with Crippen LogP contribution in [0, 0.1) is 13.8 Å². The van der Waals surface area contributed by atoms with Gasteiger partial charge in [0, 0.05) is 31.2 Å². The maximum absolute atomic E-state index is 3.70. The van der Waals surface area contributed by atoms with Crippen molar-refractivity contribution in [2.75, 3.05) is 13.1 Å². The zero-order chi connectivity index (χ0) is 14.8. The molecule has 1 heterocycles. The minimum atomic E-state index is 0.282. The second-order valence-corrected chi connectivity index (χ2v) is 6.64. The highest BCUT2D eigenvalue weighted by molar-refractivity contribution is 5.30. The van der Waals surface area contributed by atoms with Crippen LogP contribution in [0.1, 0.15) is 50.3 Å². The van der Waals surface area contributed by atoms with Crippen LogP contribution < -0.4 is 5.32 Å². The molecule has 1 aromatic carbocycles. The van der Waals surface area contributed by atoms with Crippen molar-refractivity contribution >= 4 is 0 Å². The summed E-state index contributed by atoms with van der Waals surface area (Å²) in [4.78, 5) is 2.68. The lowest BCUT2D eigenvalue weighted by molar-refractivity contribution is 0.0408. The number of piperazine rings is 1. The van der Waals surface area contributed by atoms with Gasteiger partial charge in [-0.3, -0.25) is 4.90 Å². The number of rotatable bonds is 4. The van der Waals surface area contributed by atoms with Crippen molar-refractivity contribution in [2.24, 2.45) is 0 Å². The van der Waals surface area contributed by atoms with Gasteiger partial charge in [0.1, 0.15) is 0 Å². The Morgan fingerprint density at radius 1 is 1.25 bits per heavy atom. The molecule has 1 aliphatic rings. The van der Waals surface area contributed by atoms with E-state index in [0.717, 1.165) is 19.6 Å². The summed E-state index contributed by atoms with van der Waals surface area (Å²) in [6, 6.07) is 7.55. The van der Waals surface area contributed by atoms with Gasteiger partial charge in [0.15, 0.2) is 0 Å². The second kappa shape index (κ2) is 6.28. The minimum Gasteiger partial charge on any atom is -0.311 e. The molecule has 2 heteroatoms.